The van der Waals surface area contributed by atoms with E-state index in [0.717, 1.165) is 0 Å². The number of anilines is 1. The van der Waals surface area contributed by atoms with Crippen molar-refractivity contribution in [1.82, 2.24) is 10.2 Å². The molecule has 128 valence electrons. The van der Waals surface area contributed by atoms with Gasteiger partial charge in [0.25, 0.3) is 0 Å². The summed E-state index contributed by atoms with van der Waals surface area (Å²) in [4.78, 5) is 12.2. The molecule has 0 fully saturated rings. The van der Waals surface area contributed by atoms with E-state index in [9.17, 15) is 9.18 Å². The van der Waals surface area contributed by atoms with Crippen molar-refractivity contribution in [1.29, 1.82) is 0 Å². The van der Waals surface area contributed by atoms with Gasteiger partial charge in [-0.15, -0.1) is 10.2 Å². The number of nitrogens with zero attached hydrogens (tertiary/aromatic N) is 2. The van der Waals surface area contributed by atoms with Crippen molar-refractivity contribution in [2.45, 2.75) is 20.0 Å². The third kappa shape index (κ3) is 4.20. The van der Waals surface area contributed by atoms with Crippen molar-refractivity contribution in [2.24, 2.45) is 0 Å². The fourth-order valence-electron chi connectivity index (χ4n) is 2.13. The summed E-state index contributed by atoms with van der Waals surface area (Å²) in [6.07, 6.45) is 0.0695. The number of ether oxygens (including phenoxy) is 1. The van der Waals surface area contributed by atoms with Crippen molar-refractivity contribution in [2.75, 3.05) is 5.32 Å². The van der Waals surface area contributed by atoms with Crippen LogP contribution in [-0.2, 0) is 0 Å². The number of benzene rings is 2. The topological polar surface area (TPSA) is 77.2 Å². The second-order valence-electron chi connectivity index (χ2n) is 5.57. The van der Waals surface area contributed by atoms with Gasteiger partial charge in [-0.05, 0) is 56.3 Å². The summed E-state index contributed by atoms with van der Waals surface area (Å²) >= 11 is 0. The van der Waals surface area contributed by atoms with Crippen LogP contribution in [0, 0.1) is 5.82 Å². The van der Waals surface area contributed by atoms with Crippen LogP contribution in [0.2, 0.25) is 0 Å². The van der Waals surface area contributed by atoms with Crippen molar-refractivity contribution in [3.8, 4) is 17.2 Å². The first-order valence-corrected chi connectivity index (χ1v) is 7.69. The summed E-state index contributed by atoms with van der Waals surface area (Å²) in [5.74, 6) is -0.399. The Kier molecular flexibility index (Phi) is 4.74. The number of rotatable bonds is 5. The first kappa shape index (κ1) is 16.6. The van der Waals surface area contributed by atoms with E-state index in [0.29, 0.717) is 17.0 Å². The van der Waals surface area contributed by atoms with E-state index in [1.54, 1.807) is 30.3 Å². The number of carbonyl (C=O) groups excluding carboxylic acids is 1. The maximum absolute atomic E-state index is 13.2. The zero-order chi connectivity index (χ0) is 17.8. The van der Waals surface area contributed by atoms with E-state index >= 15 is 0 Å². The number of hydrogen-bond donors (Lipinski definition) is 1. The molecule has 1 heterocycles. The lowest BCUT2D eigenvalue weighted by Crippen LogP contribution is -2.12. The first-order valence-electron chi connectivity index (χ1n) is 7.69. The fraction of sp³-hybridized carbons (Fsp3) is 0.167. The highest BCUT2D eigenvalue weighted by molar-refractivity contribution is 6.00. The minimum Gasteiger partial charge on any atom is -0.491 e. The van der Waals surface area contributed by atoms with E-state index in [1.165, 1.54) is 18.2 Å². The predicted octanol–water partition coefficient (Wildman–Crippen LogP) is 3.92. The summed E-state index contributed by atoms with van der Waals surface area (Å²) < 4.78 is 24.1. The number of amides is 1. The van der Waals surface area contributed by atoms with Crippen molar-refractivity contribution < 1.29 is 18.3 Å². The molecule has 2 aromatic carbocycles. The lowest BCUT2D eigenvalue weighted by Gasteiger charge is -2.10. The molecular weight excluding hydrogens is 325 g/mol. The molecule has 1 aromatic heterocycles. The molecule has 0 atom stereocenters. The van der Waals surface area contributed by atoms with Gasteiger partial charge in [0.05, 0.1) is 6.10 Å². The Labute approximate surface area is 143 Å². The molecule has 1 amide bonds. The molecule has 7 heteroatoms. The lowest BCUT2D eigenvalue weighted by molar-refractivity contribution is 0.0991. The second kappa shape index (κ2) is 7.12. The SMILES string of the molecule is CC(C)Oc1ccc(NC(=O)c2nnc(-c3cccc(F)c3)o2)cc1. The van der Waals surface area contributed by atoms with Crippen LogP contribution >= 0.6 is 0 Å². The van der Waals surface area contributed by atoms with Gasteiger partial charge in [0, 0.05) is 11.3 Å². The fourth-order valence-corrected chi connectivity index (χ4v) is 2.13. The van der Waals surface area contributed by atoms with Gasteiger partial charge in [0.15, 0.2) is 0 Å². The van der Waals surface area contributed by atoms with Crippen LogP contribution in [0.4, 0.5) is 10.1 Å². The van der Waals surface area contributed by atoms with Crippen molar-refractivity contribution in [3.05, 3.63) is 60.2 Å². The Bertz CT molecular complexity index is 875. The molecule has 0 saturated carbocycles. The molecule has 25 heavy (non-hydrogen) atoms. The second-order valence-corrected chi connectivity index (χ2v) is 5.57. The maximum atomic E-state index is 13.2. The molecule has 3 aromatic rings. The number of nitrogens with one attached hydrogen (secondary N) is 1. The molecule has 0 aliphatic carbocycles. The van der Waals surface area contributed by atoms with Crippen molar-refractivity contribution in [3.63, 3.8) is 0 Å². The van der Waals surface area contributed by atoms with E-state index < -0.39 is 11.7 Å². The summed E-state index contributed by atoms with van der Waals surface area (Å²) in [6, 6.07) is 12.6. The van der Waals surface area contributed by atoms with Crippen LogP contribution in [0.15, 0.2) is 52.9 Å². The molecule has 0 radical (unpaired) electrons. The molecule has 6 nitrogen and oxygen atoms in total. The van der Waals surface area contributed by atoms with E-state index in [2.05, 4.69) is 15.5 Å². The minimum absolute atomic E-state index is 0.0695. The van der Waals surface area contributed by atoms with Gasteiger partial charge < -0.3 is 14.5 Å². The molecule has 3 rings (SSSR count). The molecular formula is C18H16FN3O3. The highest BCUT2D eigenvalue weighted by Gasteiger charge is 2.16. The molecule has 0 unspecified atom stereocenters. The Morgan fingerprint density at radius 2 is 1.92 bits per heavy atom. The minimum atomic E-state index is -0.548. The van der Waals surface area contributed by atoms with Gasteiger partial charge in [0.2, 0.25) is 5.89 Å². The molecule has 0 aliphatic heterocycles. The van der Waals surface area contributed by atoms with Gasteiger partial charge in [-0.25, -0.2) is 4.39 Å². The van der Waals surface area contributed by atoms with Crippen molar-refractivity contribution >= 4 is 11.6 Å². The lowest BCUT2D eigenvalue weighted by atomic mass is 10.2. The Morgan fingerprint density at radius 3 is 2.60 bits per heavy atom. The number of halogens is 1. The molecule has 0 spiro atoms. The Balaban J connectivity index is 1.69. The van der Waals surface area contributed by atoms with Crippen LogP contribution in [-0.4, -0.2) is 22.2 Å². The highest BCUT2D eigenvalue weighted by Crippen LogP contribution is 2.20. The van der Waals surface area contributed by atoms with E-state index in [-0.39, 0.29) is 17.9 Å². The van der Waals surface area contributed by atoms with Gasteiger partial charge in [0.1, 0.15) is 11.6 Å². The molecule has 0 saturated heterocycles. The van der Waals surface area contributed by atoms with Gasteiger partial charge in [-0.2, -0.15) is 0 Å². The van der Waals surface area contributed by atoms with Gasteiger partial charge in [-0.3, -0.25) is 4.79 Å². The number of aromatic nitrogens is 2. The standard InChI is InChI=1S/C18H16FN3O3/c1-11(2)24-15-8-6-14(7-9-15)20-16(23)18-22-21-17(25-18)12-4-3-5-13(19)10-12/h3-11H,1-2H3,(H,20,23). The van der Waals surface area contributed by atoms with Crippen LogP contribution in [0.3, 0.4) is 0 Å². The number of hydrogen-bond acceptors (Lipinski definition) is 5. The van der Waals surface area contributed by atoms with Crippen LogP contribution in [0.1, 0.15) is 24.5 Å². The summed E-state index contributed by atoms with van der Waals surface area (Å²) in [7, 11) is 0. The van der Waals surface area contributed by atoms with Gasteiger partial charge in [-0.1, -0.05) is 6.07 Å². The zero-order valence-electron chi connectivity index (χ0n) is 13.7. The average Bonchev–Trinajstić information content (AvgIpc) is 3.06. The predicted molar refractivity (Wildman–Crippen MR) is 89.9 cm³/mol. The zero-order valence-corrected chi connectivity index (χ0v) is 13.7. The largest absolute Gasteiger partial charge is 0.491 e. The Morgan fingerprint density at radius 1 is 1.16 bits per heavy atom. The third-order valence-corrected chi connectivity index (χ3v) is 3.17. The van der Waals surface area contributed by atoms with Crippen LogP contribution < -0.4 is 10.1 Å². The van der Waals surface area contributed by atoms with Crippen LogP contribution in [0.5, 0.6) is 5.75 Å². The monoisotopic (exact) mass is 341 g/mol. The summed E-state index contributed by atoms with van der Waals surface area (Å²) in [5.41, 5.74) is 0.966. The third-order valence-electron chi connectivity index (χ3n) is 3.17. The van der Waals surface area contributed by atoms with E-state index in [1.807, 2.05) is 13.8 Å². The molecule has 0 aliphatic rings. The van der Waals surface area contributed by atoms with Gasteiger partial charge >= 0.3 is 11.8 Å². The van der Waals surface area contributed by atoms with E-state index in [4.69, 9.17) is 9.15 Å². The summed E-state index contributed by atoms with van der Waals surface area (Å²) in [5, 5.41) is 10.1. The summed E-state index contributed by atoms with van der Waals surface area (Å²) in [6.45, 7) is 3.86. The molecule has 0 bridgehead atoms. The number of carbonyl (C=O) groups is 1. The average molecular weight is 341 g/mol. The van der Waals surface area contributed by atoms with Crippen LogP contribution in [0.25, 0.3) is 11.5 Å². The Hall–Kier alpha value is -3.22. The smallest absolute Gasteiger partial charge is 0.313 e. The first-order chi connectivity index (χ1) is 12.0. The highest BCUT2D eigenvalue weighted by atomic mass is 19.1. The maximum Gasteiger partial charge on any atom is 0.313 e. The molecule has 1 N–H and O–H groups in total. The quantitative estimate of drug-likeness (QED) is 0.761. The normalized spacial score (nSPS) is 10.7.